The van der Waals surface area contributed by atoms with E-state index in [4.69, 9.17) is 0 Å². The number of rotatable bonds is 7. The summed E-state index contributed by atoms with van der Waals surface area (Å²) in [6, 6.07) is 6.89. The zero-order chi connectivity index (χ0) is 19.2. The van der Waals surface area contributed by atoms with Gasteiger partial charge in [-0.1, -0.05) is 31.5 Å². The van der Waals surface area contributed by atoms with Gasteiger partial charge >= 0.3 is 6.03 Å². The molecule has 1 fully saturated rings. The van der Waals surface area contributed by atoms with Gasteiger partial charge in [-0.3, -0.25) is 0 Å². The van der Waals surface area contributed by atoms with Gasteiger partial charge in [0.2, 0.25) is 10.0 Å². The fourth-order valence-electron chi connectivity index (χ4n) is 3.05. The monoisotopic (exact) mass is 381 g/mol. The fourth-order valence-corrected chi connectivity index (χ4v) is 4.52. The summed E-state index contributed by atoms with van der Waals surface area (Å²) in [6.07, 6.45) is 2.55. The Hall–Kier alpha value is -1.60. The molecule has 1 aromatic rings. The summed E-state index contributed by atoms with van der Waals surface area (Å²) in [7, 11) is -3.40. The van der Waals surface area contributed by atoms with Gasteiger partial charge in [0, 0.05) is 26.2 Å². The molecule has 2 rings (SSSR count). The molecule has 26 heavy (non-hydrogen) atoms. The molecule has 1 aliphatic rings. The van der Waals surface area contributed by atoms with Gasteiger partial charge in [0.25, 0.3) is 0 Å². The van der Waals surface area contributed by atoms with Crippen LogP contribution in [-0.2, 0) is 10.0 Å². The first-order valence-corrected chi connectivity index (χ1v) is 10.8. The van der Waals surface area contributed by atoms with Crippen molar-refractivity contribution in [1.29, 1.82) is 0 Å². The quantitative estimate of drug-likeness (QED) is 0.762. The molecule has 0 radical (unpaired) electrons. The highest BCUT2D eigenvalue weighted by Gasteiger charge is 2.29. The van der Waals surface area contributed by atoms with E-state index in [2.05, 4.69) is 24.5 Å². The molecule has 0 aromatic heterocycles. The molecule has 1 aliphatic heterocycles. The van der Waals surface area contributed by atoms with E-state index < -0.39 is 10.0 Å². The van der Waals surface area contributed by atoms with Crippen molar-refractivity contribution in [2.75, 3.05) is 26.2 Å². The third kappa shape index (κ3) is 5.99. The summed E-state index contributed by atoms with van der Waals surface area (Å²) in [6.45, 7) is 8.43. The van der Waals surface area contributed by atoms with Crippen LogP contribution in [-0.4, -0.2) is 44.9 Å². The van der Waals surface area contributed by atoms with Gasteiger partial charge in [-0.2, -0.15) is 4.31 Å². The van der Waals surface area contributed by atoms with Gasteiger partial charge in [-0.05, 0) is 50.2 Å². The third-order valence-corrected chi connectivity index (χ3v) is 6.65. The molecule has 0 atom stereocenters. The van der Waals surface area contributed by atoms with Gasteiger partial charge in [0.1, 0.15) is 0 Å². The summed E-state index contributed by atoms with van der Waals surface area (Å²) in [5.74, 6) is 0.880. The molecule has 0 aliphatic carbocycles. The smallest absolute Gasteiger partial charge is 0.314 e. The summed E-state index contributed by atoms with van der Waals surface area (Å²) < 4.78 is 27.0. The zero-order valence-electron chi connectivity index (χ0n) is 16.0. The van der Waals surface area contributed by atoms with E-state index in [0.29, 0.717) is 42.9 Å². The van der Waals surface area contributed by atoms with Crippen LogP contribution in [0.25, 0.3) is 0 Å². The Morgan fingerprint density at radius 2 is 1.77 bits per heavy atom. The molecule has 1 saturated heterocycles. The number of nitrogens with one attached hydrogen (secondary N) is 2. The molecule has 6 nitrogen and oxygen atoms in total. The number of nitrogens with zero attached hydrogens (tertiary/aromatic N) is 1. The van der Waals surface area contributed by atoms with E-state index in [1.54, 1.807) is 16.4 Å². The number of hydrogen-bond donors (Lipinski definition) is 2. The van der Waals surface area contributed by atoms with E-state index in [1.807, 2.05) is 19.1 Å². The molecule has 1 heterocycles. The van der Waals surface area contributed by atoms with Crippen LogP contribution in [0.3, 0.4) is 0 Å². The predicted octanol–water partition coefficient (Wildman–Crippen LogP) is 2.74. The molecule has 7 heteroatoms. The minimum absolute atomic E-state index is 0.127. The Labute approximate surface area is 157 Å². The lowest BCUT2D eigenvalue weighted by Crippen LogP contribution is -2.40. The Morgan fingerprint density at radius 3 is 2.35 bits per heavy atom. The molecule has 146 valence electrons. The van der Waals surface area contributed by atoms with Crippen molar-refractivity contribution in [1.82, 2.24) is 14.9 Å². The minimum Gasteiger partial charge on any atom is -0.338 e. The standard InChI is InChI=1S/C19H31N3O3S/c1-15(2)14-21-19(23)20-11-8-17-9-12-22(13-10-17)26(24,25)18-6-4-16(3)5-7-18/h4-7,15,17H,8-14H2,1-3H3,(H2,20,21,23). The van der Waals surface area contributed by atoms with Crippen LogP contribution in [0.4, 0.5) is 4.79 Å². The van der Waals surface area contributed by atoms with Crippen molar-refractivity contribution in [3.63, 3.8) is 0 Å². The topological polar surface area (TPSA) is 78.5 Å². The molecule has 1 aromatic carbocycles. The van der Waals surface area contributed by atoms with Crippen molar-refractivity contribution < 1.29 is 13.2 Å². The minimum atomic E-state index is -3.40. The molecule has 2 amide bonds. The number of piperidine rings is 1. The largest absolute Gasteiger partial charge is 0.338 e. The Morgan fingerprint density at radius 1 is 1.15 bits per heavy atom. The second-order valence-corrected chi connectivity index (χ2v) is 9.42. The maximum absolute atomic E-state index is 12.7. The van der Waals surface area contributed by atoms with Crippen molar-refractivity contribution >= 4 is 16.1 Å². The van der Waals surface area contributed by atoms with E-state index in [-0.39, 0.29) is 6.03 Å². The lowest BCUT2D eigenvalue weighted by atomic mass is 9.95. The highest BCUT2D eigenvalue weighted by Crippen LogP contribution is 2.25. The van der Waals surface area contributed by atoms with Crippen LogP contribution >= 0.6 is 0 Å². The summed E-state index contributed by atoms with van der Waals surface area (Å²) in [5.41, 5.74) is 1.05. The molecule has 0 unspecified atom stereocenters. The summed E-state index contributed by atoms with van der Waals surface area (Å²) >= 11 is 0. The Balaban J connectivity index is 1.75. The second-order valence-electron chi connectivity index (χ2n) is 7.48. The van der Waals surface area contributed by atoms with Gasteiger partial charge in [-0.15, -0.1) is 0 Å². The first-order chi connectivity index (χ1) is 12.3. The van der Waals surface area contributed by atoms with E-state index in [9.17, 15) is 13.2 Å². The number of sulfonamides is 1. The number of hydrogen-bond acceptors (Lipinski definition) is 3. The average molecular weight is 382 g/mol. The number of amides is 2. The van der Waals surface area contributed by atoms with Crippen LogP contribution in [0, 0.1) is 18.8 Å². The molecule has 0 spiro atoms. The van der Waals surface area contributed by atoms with Crippen LogP contribution in [0.1, 0.15) is 38.7 Å². The first-order valence-electron chi connectivity index (χ1n) is 9.37. The predicted molar refractivity (Wildman–Crippen MR) is 104 cm³/mol. The number of benzene rings is 1. The van der Waals surface area contributed by atoms with Gasteiger partial charge < -0.3 is 10.6 Å². The number of carbonyl (C=O) groups excluding carboxylic acids is 1. The second kappa shape index (κ2) is 9.37. The van der Waals surface area contributed by atoms with Crippen molar-refractivity contribution in [2.45, 2.75) is 44.9 Å². The van der Waals surface area contributed by atoms with E-state index in [0.717, 1.165) is 24.8 Å². The molecule has 0 bridgehead atoms. The fraction of sp³-hybridized carbons (Fsp3) is 0.632. The lowest BCUT2D eigenvalue weighted by Gasteiger charge is -2.31. The average Bonchev–Trinajstić information content (AvgIpc) is 2.61. The van der Waals surface area contributed by atoms with Crippen LogP contribution < -0.4 is 10.6 Å². The van der Waals surface area contributed by atoms with E-state index in [1.165, 1.54) is 0 Å². The number of urea groups is 1. The van der Waals surface area contributed by atoms with Crippen LogP contribution in [0.2, 0.25) is 0 Å². The number of carbonyl (C=O) groups is 1. The lowest BCUT2D eigenvalue weighted by molar-refractivity contribution is 0.235. The number of aryl methyl sites for hydroxylation is 1. The maximum Gasteiger partial charge on any atom is 0.314 e. The summed E-state index contributed by atoms with van der Waals surface area (Å²) in [5, 5.41) is 5.71. The van der Waals surface area contributed by atoms with Crippen LogP contribution in [0.15, 0.2) is 29.2 Å². The zero-order valence-corrected chi connectivity index (χ0v) is 16.8. The van der Waals surface area contributed by atoms with Gasteiger partial charge in [0.15, 0.2) is 0 Å². The van der Waals surface area contributed by atoms with Crippen molar-refractivity contribution in [3.8, 4) is 0 Å². The highest BCUT2D eigenvalue weighted by molar-refractivity contribution is 7.89. The molecular formula is C19H31N3O3S. The van der Waals surface area contributed by atoms with Gasteiger partial charge in [-0.25, -0.2) is 13.2 Å². The summed E-state index contributed by atoms with van der Waals surface area (Å²) in [4.78, 5) is 12.0. The molecule has 0 saturated carbocycles. The molecule has 2 N–H and O–H groups in total. The SMILES string of the molecule is Cc1ccc(S(=O)(=O)N2CCC(CCNC(=O)NCC(C)C)CC2)cc1. The van der Waals surface area contributed by atoms with Crippen molar-refractivity contribution in [3.05, 3.63) is 29.8 Å². The van der Waals surface area contributed by atoms with Crippen molar-refractivity contribution in [2.24, 2.45) is 11.8 Å². The third-order valence-electron chi connectivity index (χ3n) is 4.74. The maximum atomic E-state index is 12.7. The molecular weight excluding hydrogens is 350 g/mol. The normalized spacial score (nSPS) is 16.6. The van der Waals surface area contributed by atoms with Gasteiger partial charge in [0.05, 0.1) is 4.90 Å². The Bertz CT molecular complexity index is 678. The first kappa shape index (κ1) is 20.7. The van der Waals surface area contributed by atoms with E-state index >= 15 is 0 Å². The highest BCUT2D eigenvalue weighted by atomic mass is 32.2. The van der Waals surface area contributed by atoms with Crippen LogP contribution in [0.5, 0.6) is 0 Å². The Kier molecular flexibility index (Phi) is 7.46.